The molecule has 2 aliphatic heterocycles. The van der Waals surface area contributed by atoms with Crippen molar-refractivity contribution in [2.24, 2.45) is 5.92 Å². The molecule has 4 heterocycles. The number of aromatic nitrogens is 2. The zero-order valence-electron chi connectivity index (χ0n) is 21.8. The number of rotatable bonds is 5. The first-order chi connectivity index (χ1) is 20.0. The highest BCUT2D eigenvalue weighted by Crippen LogP contribution is 2.54. The third kappa shape index (κ3) is 4.92. The van der Waals surface area contributed by atoms with Crippen molar-refractivity contribution in [3.63, 3.8) is 0 Å². The van der Waals surface area contributed by atoms with Crippen LogP contribution in [-0.4, -0.2) is 32.5 Å². The molecule has 1 saturated heterocycles. The molecule has 42 heavy (non-hydrogen) atoms. The number of alkyl halides is 3. The molecule has 2 aromatic heterocycles. The van der Waals surface area contributed by atoms with Crippen molar-refractivity contribution in [3.05, 3.63) is 104 Å². The van der Waals surface area contributed by atoms with Gasteiger partial charge >= 0.3 is 11.0 Å². The van der Waals surface area contributed by atoms with E-state index in [0.29, 0.717) is 21.2 Å². The lowest BCUT2D eigenvalue weighted by molar-refractivity contribution is -0.137. The number of imide groups is 1. The van der Waals surface area contributed by atoms with Gasteiger partial charge in [-0.2, -0.15) is 13.2 Å². The second-order valence-electron chi connectivity index (χ2n) is 9.93. The SMILES string of the molecule is Cc1cccc(NC(=O)Cn2c3c(sc2=O)[C@H](c2cccnc2)C2C(=O)N(c4cccc(C(F)(F)F)c4)C(=O)C2S3)c1. The largest absolute Gasteiger partial charge is 0.416 e. The summed E-state index contributed by atoms with van der Waals surface area (Å²) in [6, 6.07) is 14.6. The second kappa shape index (κ2) is 10.6. The number of carbonyl (C=O) groups excluding carboxylic acids is 3. The van der Waals surface area contributed by atoms with Crippen LogP contribution in [0.15, 0.2) is 82.9 Å². The smallest absolute Gasteiger partial charge is 0.325 e. The summed E-state index contributed by atoms with van der Waals surface area (Å²) >= 11 is 1.86. The van der Waals surface area contributed by atoms with Gasteiger partial charge in [-0.05, 0) is 54.4 Å². The van der Waals surface area contributed by atoms with E-state index in [4.69, 9.17) is 0 Å². The summed E-state index contributed by atoms with van der Waals surface area (Å²) in [5, 5.41) is 2.10. The van der Waals surface area contributed by atoms with E-state index in [1.54, 1.807) is 36.5 Å². The quantitative estimate of drug-likeness (QED) is 0.317. The Hall–Kier alpha value is -4.23. The zero-order chi connectivity index (χ0) is 29.8. The fourth-order valence-corrected chi connectivity index (χ4v) is 8.09. The third-order valence-corrected chi connectivity index (χ3v) is 9.73. The molecule has 0 aliphatic carbocycles. The molecule has 1 fully saturated rings. The number of thioether (sulfide) groups is 1. The standard InChI is InChI=1S/C29H21F3N4O4S2/c1-15-5-2-8-18(11-15)34-20(37)14-35-27-24(42-28(35)40)21(16-6-4-10-33-13-16)22-23(41-27)26(39)36(25(22)38)19-9-3-7-17(12-19)29(30,31)32/h2-13,21-23H,14H2,1H3,(H,34,37)/t21-,22?,23?/m1/s1. The Labute approximate surface area is 245 Å². The van der Waals surface area contributed by atoms with Crippen LogP contribution in [0.2, 0.25) is 0 Å². The van der Waals surface area contributed by atoms with Crippen LogP contribution in [0.25, 0.3) is 0 Å². The monoisotopic (exact) mass is 610 g/mol. The van der Waals surface area contributed by atoms with Gasteiger partial charge in [0.2, 0.25) is 17.7 Å². The van der Waals surface area contributed by atoms with Crippen molar-refractivity contribution in [2.75, 3.05) is 10.2 Å². The third-order valence-electron chi connectivity index (χ3n) is 7.13. The first kappa shape index (κ1) is 27.9. The van der Waals surface area contributed by atoms with E-state index in [2.05, 4.69) is 10.3 Å². The first-order valence-electron chi connectivity index (χ1n) is 12.7. The van der Waals surface area contributed by atoms with Gasteiger partial charge in [-0.15, -0.1) is 0 Å². The van der Waals surface area contributed by atoms with Crippen LogP contribution >= 0.6 is 23.1 Å². The molecule has 2 aromatic carbocycles. The molecular weight excluding hydrogens is 589 g/mol. The molecule has 0 radical (unpaired) electrons. The summed E-state index contributed by atoms with van der Waals surface area (Å²) in [5.74, 6) is -3.58. The molecular formula is C29H21F3N4O4S2. The average Bonchev–Trinajstić information content (AvgIpc) is 3.39. The predicted octanol–water partition coefficient (Wildman–Crippen LogP) is 5.07. The fourth-order valence-electron chi connectivity index (χ4n) is 5.32. The van der Waals surface area contributed by atoms with Gasteiger partial charge in [0.25, 0.3) is 0 Å². The predicted molar refractivity (Wildman–Crippen MR) is 152 cm³/mol. The zero-order valence-corrected chi connectivity index (χ0v) is 23.4. The minimum Gasteiger partial charge on any atom is -0.325 e. The highest BCUT2D eigenvalue weighted by molar-refractivity contribution is 8.00. The number of nitrogens with one attached hydrogen (secondary N) is 1. The number of fused-ring (bicyclic) bond motifs is 2. The Kier molecular flexibility index (Phi) is 7.01. The average molecular weight is 611 g/mol. The van der Waals surface area contributed by atoms with Crippen molar-refractivity contribution in [1.29, 1.82) is 0 Å². The number of hydrogen-bond acceptors (Lipinski definition) is 7. The number of hydrogen-bond donors (Lipinski definition) is 1. The minimum atomic E-state index is -4.67. The number of halogens is 3. The van der Waals surface area contributed by atoms with E-state index in [1.165, 1.54) is 16.8 Å². The molecule has 1 N–H and O–H groups in total. The number of carbonyl (C=O) groups is 3. The van der Waals surface area contributed by atoms with Gasteiger partial charge in [-0.1, -0.05) is 47.4 Å². The lowest BCUT2D eigenvalue weighted by atomic mass is 9.84. The van der Waals surface area contributed by atoms with Gasteiger partial charge in [0.05, 0.1) is 22.2 Å². The summed E-state index contributed by atoms with van der Waals surface area (Å²) < 4.78 is 41.6. The van der Waals surface area contributed by atoms with Crippen LogP contribution in [0.3, 0.4) is 0 Å². The van der Waals surface area contributed by atoms with Crippen LogP contribution in [0.5, 0.6) is 0 Å². The topological polar surface area (TPSA) is 101 Å². The maximum absolute atomic E-state index is 13.9. The molecule has 0 saturated carbocycles. The Morgan fingerprint density at radius 2 is 1.81 bits per heavy atom. The molecule has 8 nitrogen and oxygen atoms in total. The number of pyridine rings is 1. The van der Waals surface area contributed by atoms with Gasteiger partial charge in [0.15, 0.2) is 0 Å². The van der Waals surface area contributed by atoms with E-state index in [1.807, 2.05) is 13.0 Å². The van der Waals surface area contributed by atoms with Crippen LogP contribution in [0, 0.1) is 12.8 Å². The van der Waals surface area contributed by atoms with Crippen molar-refractivity contribution < 1.29 is 27.6 Å². The maximum Gasteiger partial charge on any atom is 0.416 e. The number of aryl methyl sites for hydroxylation is 1. The maximum atomic E-state index is 13.9. The summed E-state index contributed by atoms with van der Waals surface area (Å²) in [6.45, 7) is 1.55. The molecule has 3 amide bonds. The van der Waals surface area contributed by atoms with Gasteiger partial charge < -0.3 is 5.32 Å². The van der Waals surface area contributed by atoms with Gasteiger partial charge in [0.1, 0.15) is 11.8 Å². The summed E-state index contributed by atoms with van der Waals surface area (Å²) in [5.41, 5.74) is 0.899. The highest BCUT2D eigenvalue weighted by Gasteiger charge is 2.57. The molecule has 4 aromatic rings. The van der Waals surface area contributed by atoms with Gasteiger partial charge in [-0.25, -0.2) is 4.90 Å². The summed E-state index contributed by atoms with van der Waals surface area (Å²) in [6.07, 6.45) is -1.59. The molecule has 2 aliphatic rings. The number of amides is 3. The molecule has 0 spiro atoms. The van der Waals surface area contributed by atoms with Crippen molar-refractivity contribution in [1.82, 2.24) is 9.55 Å². The van der Waals surface area contributed by atoms with E-state index in [-0.39, 0.29) is 12.2 Å². The Bertz CT molecular complexity index is 1790. The number of benzene rings is 2. The minimum absolute atomic E-state index is 0.182. The van der Waals surface area contributed by atoms with Crippen LogP contribution in [0.4, 0.5) is 24.5 Å². The van der Waals surface area contributed by atoms with E-state index >= 15 is 0 Å². The Morgan fingerprint density at radius 1 is 1.02 bits per heavy atom. The summed E-state index contributed by atoms with van der Waals surface area (Å²) in [4.78, 5) is 58.8. The molecule has 214 valence electrons. The lowest BCUT2D eigenvalue weighted by Gasteiger charge is -2.30. The van der Waals surface area contributed by atoms with E-state index in [0.717, 1.165) is 51.8 Å². The Balaban J connectivity index is 1.40. The van der Waals surface area contributed by atoms with Crippen molar-refractivity contribution in [2.45, 2.75) is 35.8 Å². The van der Waals surface area contributed by atoms with Crippen molar-refractivity contribution in [3.8, 4) is 0 Å². The summed E-state index contributed by atoms with van der Waals surface area (Å²) in [7, 11) is 0. The molecule has 6 rings (SSSR count). The molecule has 2 unspecified atom stereocenters. The lowest BCUT2D eigenvalue weighted by Crippen LogP contribution is -2.33. The molecule has 13 heteroatoms. The number of thiazole rings is 1. The number of anilines is 2. The van der Waals surface area contributed by atoms with E-state index in [9.17, 15) is 32.3 Å². The normalized spacial score (nSPS) is 19.9. The van der Waals surface area contributed by atoms with Gasteiger partial charge in [-0.3, -0.25) is 28.7 Å². The van der Waals surface area contributed by atoms with Crippen molar-refractivity contribution >= 4 is 52.2 Å². The number of nitrogens with zero attached hydrogens (tertiary/aromatic N) is 3. The van der Waals surface area contributed by atoms with Crippen LogP contribution in [0.1, 0.15) is 27.5 Å². The molecule has 0 bridgehead atoms. The van der Waals surface area contributed by atoms with Crippen LogP contribution < -0.4 is 15.1 Å². The van der Waals surface area contributed by atoms with Gasteiger partial charge in [0, 0.05) is 28.9 Å². The second-order valence-corrected chi connectivity index (χ2v) is 12.1. The molecule has 3 atom stereocenters. The first-order valence-corrected chi connectivity index (χ1v) is 14.4. The van der Waals surface area contributed by atoms with Crippen LogP contribution in [-0.2, 0) is 27.1 Å². The Morgan fingerprint density at radius 3 is 2.52 bits per heavy atom. The fraction of sp³-hybridized carbons (Fsp3) is 0.207. The van der Waals surface area contributed by atoms with E-state index < -0.39 is 51.4 Å². The highest BCUT2D eigenvalue weighted by atomic mass is 32.2.